The summed E-state index contributed by atoms with van der Waals surface area (Å²) in [5, 5.41) is 5.45. The minimum atomic E-state index is -3.06. The monoisotopic (exact) mass is 489 g/mol. The molecule has 9 nitrogen and oxygen atoms in total. The number of ketones is 1. The molecule has 1 saturated heterocycles. The Balaban J connectivity index is 1.56. The van der Waals surface area contributed by atoms with E-state index in [-0.39, 0.29) is 35.4 Å². The van der Waals surface area contributed by atoms with Crippen molar-refractivity contribution in [2.24, 2.45) is 0 Å². The fourth-order valence-electron chi connectivity index (χ4n) is 4.15. The Morgan fingerprint density at radius 1 is 1.15 bits per heavy atom. The normalized spacial score (nSPS) is 16.9. The van der Waals surface area contributed by atoms with Crippen molar-refractivity contribution in [1.82, 2.24) is 15.2 Å². The number of urea groups is 1. The number of amides is 2. The summed E-state index contributed by atoms with van der Waals surface area (Å²) in [5.41, 5.74) is 3.02. The quantitative estimate of drug-likeness (QED) is 0.434. The topological polar surface area (TPSA) is 124 Å². The van der Waals surface area contributed by atoms with Crippen molar-refractivity contribution in [3.05, 3.63) is 58.4 Å². The number of rotatable bonds is 8. The molecule has 2 aromatic rings. The summed E-state index contributed by atoms with van der Waals surface area (Å²) < 4.78 is 30.8. The molecule has 1 aliphatic heterocycles. The van der Waals surface area contributed by atoms with Crippen molar-refractivity contribution in [2.45, 2.75) is 52.7 Å². The van der Waals surface area contributed by atoms with E-state index in [0.29, 0.717) is 29.8 Å². The molecule has 184 valence electrons. The van der Waals surface area contributed by atoms with E-state index in [0.717, 1.165) is 11.3 Å². The van der Waals surface area contributed by atoms with Gasteiger partial charge in [0, 0.05) is 35.6 Å². The van der Waals surface area contributed by atoms with Crippen LogP contribution in [0.4, 0.5) is 4.79 Å². The van der Waals surface area contributed by atoms with Crippen molar-refractivity contribution in [2.75, 3.05) is 18.1 Å². The molecule has 0 aliphatic carbocycles. The first-order valence-corrected chi connectivity index (χ1v) is 13.0. The molecule has 34 heavy (non-hydrogen) atoms. The van der Waals surface area contributed by atoms with E-state index >= 15 is 0 Å². The first-order valence-electron chi connectivity index (χ1n) is 11.2. The Morgan fingerprint density at radius 3 is 2.41 bits per heavy atom. The SMILES string of the molecule is Cc1cc(C(=O)COC(=O)c2ccc(CNC(=O)NC(C)C)cc2)c(C)n1C1CCS(=O)(=O)C1. The van der Waals surface area contributed by atoms with Crippen LogP contribution in [-0.2, 0) is 21.1 Å². The number of nitrogens with zero attached hydrogens (tertiary/aromatic N) is 1. The molecule has 0 bridgehead atoms. The molecule has 0 radical (unpaired) electrons. The number of esters is 1. The number of nitrogens with one attached hydrogen (secondary N) is 2. The molecule has 1 aliphatic rings. The largest absolute Gasteiger partial charge is 0.454 e. The van der Waals surface area contributed by atoms with Crippen LogP contribution >= 0.6 is 0 Å². The molecule has 1 aromatic carbocycles. The van der Waals surface area contributed by atoms with Crippen molar-refractivity contribution in [3.63, 3.8) is 0 Å². The summed E-state index contributed by atoms with van der Waals surface area (Å²) in [6.45, 7) is 7.25. The van der Waals surface area contributed by atoms with Gasteiger partial charge in [0.25, 0.3) is 0 Å². The van der Waals surface area contributed by atoms with E-state index in [4.69, 9.17) is 4.74 Å². The number of sulfone groups is 1. The summed E-state index contributed by atoms with van der Waals surface area (Å²) >= 11 is 0. The third-order valence-electron chi connectivity index (χ3n) is 5.76. The Morgan fingerprint density at radius 2 is 1.82 bits per heavy atom. The second kappa shape index (κ2) is 10.4. The van der Waals surface area contributed by atoms with E-state index in [1.807, 2.05) is 25.3 Å². The zero-order valence-corrected chi connectivity index (χ0v) is 20.7. The number of aryl methyl sites for hydroxylation is 1. The third kappa shape index (κ3) is 6.25. The van der Waals surface area contributed by atoms with E-state index < -0.39 is 22.4 Å². The van der Waals surface area contributed by atoms with Gasteiger partial charge in [-0.2, -0.15) is 0 Å². The molecular formula is C24H31N3O6S. The van der Waals surface area contributed by atoms with E-state index in [2.05, 4.69) is 10.6 Å². The molecule has 1 atom stereocenters. The van der Waals surface area contributed by atoms with Crippen LogP contribution in [0.2, 0.25) is 0 Å². The summed E-state index contributed by atoms with van der Waals surface area (Å²) in [6, 6.07) is 7.87. The van der Waals surface area contributed by atoms with Crippen LogP contribution in [0.1, 0.15) is 64.0 Å². The summed E-state index contributed by atoms with van der Waals surface area (Å²) in [6.07, 6.45) is 0.523. The van der Waals surface area contributed by atoms with Crippen molar-refractivity contribution in [1.29, 1.82) is 0 Å². The van der Waals surface area contributed by atoms with Crippen LogP contribution in [0.25, 0.3) is 0 Å². The second-order valence-electron chi connectivity index (χ2n) is 8.89. The Kier molecular flexibility index (Phi) is 7.81. The predicted octanol–water partition coefficient (Wildman–Crippen LogP) is 2.71. The molecule has 1 aromatic heterocycles. The van der Waals surface area contributed by atoms with Gasteiger partial charge in [-0.05, 0) is 57.9 Å². The standard InChI is InChI=1S/C24H31N3O6S/c1-15(2)26-24(30)25-12-18-5-7-19(8-6-18)23(29)33-13-22(28)21-11-16(3)27(17(21)4)20-9-10-34(31,32)14-20/h5-8,11,15,20H,9-10,12-14H2,1-4H3,(H2,25,26,30). The van der Waals surface area contributed by atoms with Gasteiger partial charge in [0.05, 0.1) is 17.1 Å². The number of carbonyl (C=O) groups is 3. The summed E-state index contributed by atoms with van der Waals surface area (Å²) in [4.78, 5) is 36.8. The number of aromatic nitrogens is 1. The maximum absolute atomic E-state index is 12.7. The smallest absolute Gasteiger partial charge is 0.338 e. The number of carbonyl (C=O) groups excluding carboxylic acids is 3. The summed E-state index contributed by atoms with van der Waals surface area (Å²) in [7, 11) is -3.06. The van der Waals surface area contributed by atoms with Crippen LogP contribution in [0.5, 0.6) is 0 Å². The zero-order valence-electron chi connectivity index (χ0n) is 19.9. The maximum Gasteiger partial charge on any atom is 0.338 e. The van der Waals surface area contributed by atoms with Gasteiger partial charge >= 0.3 is 12.0 Å². The Hall–Kier alpha value is -3.14. The Bertz CT molecular complexity index is 1180. The number of ether oxygens (including phenoxy) is 1. The van der Waals surface area contributed by atoms with Crippen LogP contribution in [-0.4, -0.2) is 54.9 Å². The number of hydrogen-bond acceptors (Lipinski definition) is 6. The van der Waals surface area contributed by atoms with E-state index in [1.54, 1.807) is 37.3 Å². The Labute approximate surface area is 199 Å². The highest BCUT2D eigenvalue weighted by molar-refractivity contribution is 7.91. The van der Waals surface area contributed by atoms with Crippen molar-refractivity contribution < 1.29 is 27.5 Å². The van der Waals surface area contributed by atoms with Gasteiger partial charge in [-0.25, -0.2) is 18.0 Å². The molecule has 0 spiro atoms. The molecular weight excluding hydrogens is 458 g/mol. The molecule has 1 fully saturated rings. The highest BCUT2D eigenvalue weighted by Gasteiger charge is 2.31. The average molecular weight is 490 g/mol. The lowest BCUT2D eigenvalue weighted by molar-refractivity contribution is 0.0474. The molecule has 1 unspecified atom stereocenters. The van der Waals surface area contributed by atoms with E-state index in [9.17, 15) is 22.8 Å². The van der Waals surface area contributed by atoms with Gasteiger partial charge in [-0.3, -0.25) is 4.79 Å². The molecule has 0 saturated carbocycles. The van der Waals surface area contributed by atoms with Gasteiger partial charge in [0.2, 0.25) is 5.78 Å². The lowest BCUT2D eigenvalue weighted by Crippen LogP contribution is -2.39. The van der Waals surface area contributed by atoms with E-state index in [1.165, 1.54) is 0 Å². The minimum Gasteiger partial charge on any atom is -0.454 e. The molecule has 3 rings (SSSR count). The summed E-state index contributed by atoms with van der Waals surface area (Å²) in [5.74, 6) is -0.748. The molecule has 2 heterocycles. The van der Waals surface area contributed by atoms with Crippen molar-refractivity contribution >= 4 is 27.6 Å². The fourth-order valence-corrected chi connectivity index (χ4v) is 5.85. The lowest BCUT2D eigenvalue weighted by atomic mass is 10.1. The first kappa shape index (κ1) is 25.5. The highest BCUT2D eigenvalue weighted by atomic mass is 32.2. The molecule has 10 heteroatoms. The van der Waals surface area contributed by atoms with Gasteiger partial charge in [0.1, 0.15) is 0 Å². The van der Waals surface area contributed by atoms with Crippen LogP contribution in [0.15, 0.2) is 30.3 Å². The van der Waals surface area contributed by atoms with Crippen molar-refractivity contribution in [3.8, 4) is 0 Å². The average Bonchev–Trinajstić information content (AvgIpc) is 3.27. The molecule has 2 N–H and O–H groups in total. The number of hydrogen-bond donors (Lipinski definition) is 2. The van der Waals surface area contributed by atoms with Gasteiger partial charge < -0.3 is 19.9 Å². The first-order chi connectivity index (χ1) is 16.0. The zero-order chi connectivity index (χ0) is 25.0. The minimum absolute atomic E-state index is 0.0324. The third-order valence-corrected chi connectivity index (χ3v) is 7.51. The number of Topliss-reactive ketones (excluding diaryl/α,β-unsaturated/α-hetero) is 1. The predicted molar refractivity (Wildman–Crippen MR) is 128 cm³/mol. The highest BCUT2D eigenvalue weighted by Crippen LogP contribution is 2.29. The van der Waals surface area contributed by atoms with Crippen LogP contribution in [0.3, 0.4) is 0 Å². The van der Waals surface area contributed by atoms with Crippen LogP contribution < -0.4 is 10.6 Å². The van der Waals surface area contributed by atoms with Crippen LogP contribution in [0, 0.1) is 13.8 Å². The second-order valence-corrected chi connectivity index (χ2v) is 11.1. The number of benzene rings is 1. The fraction of sp³-hybridized carbons (Fsp3) is 0.458. The lowest BCUT2D eigenvalue weighted by Gasteiger charge is -2.16. The van der Waals surface area contributed by atoms with Gasteiger partial charge in [0.15, 0.2) is 16.4 Å². The van der Waals surface area contributed by atoms with Gasteiger partial charge in [-0.1, -0.05) is 12.1 Å². The van der Waals surface area contributed by atoms with Gasteiger partial charge in [-0.15, -0.1) is 0 Å². The molecule has 2 amide bonds. The maximum atomic E-state index is 12.7.